The van der Waals surface area contributed by atoms with E-state index in [-0.39, 0.29) is 18.1 Å². The van der Waals surface area contributed by atoms with Crippen molar-refractivity contribution in [3.8, 4) is 0 Å². The molecule has 1 fully saturated rings. The molecule has 0 radical (unpaired) electrons. The van der Waals surface area contributed by atoms with Gasteiger partial charge in [-0.05, 0) is 44.9 Å². The van der Waals surface area contributed by atoms with Crippen molar-refractivity contribution in [1.29, 1.82) is 0 Å². The normalized spacial score (nSPS) is 33.5. The highest BCUT2D eigenvalue weighted by Gasteiger charge is 2.57. The molecule has 3 aliphatic rings. The molecule has 0 aromatic carbocycles. The van der Waals surface area contributed by atoms with Crippen molar-refractivity contribution in [2.45, 2.75) is 77.5 Å². The number of rotatable bonds is 3. The van der Waals surface area contributed by atoms with Gasteiger partial charge in [0.15, 0.2) is 6.10 Å². The smallest absolute Gasteiger partial charge is 0.338 e. The molecule has 0 aliphatic carbocycles. The Bertz CT molecular complexity index is 1020. The third kappa shape index (κ3) is 4.11. The number of hydrogen-bond donors (Lipinski definition) is 0. The van der Waals surface area contributed by atoms with Gasteiger partial charge in [-0.3, -0.25) is 9.59 Å². The summed E-state index contributed by atoms with van der Waals surface area (Å²) < 4.78 is 28.9. The number of hydrogen-bond acceptors (Lipinski definition) is 8. The highest BCUT2D eigenvalue weighted by molar-refractivity contribution is 5.92. The summed E-state index contributed by atoms with van der Waals surface area (Å²) in [5.41, 5.74) is 1.20. The highest BCUT2D eigenvalue weighted by Crippen LogP contribution is 2.54. The molecule has 1 saturated heterocycles. The minimum absolute atomic E-state index is 0.174. The maximum atomic E-state index is 12.7. The summed E-state index contributed by atoms with van der Waals surface area (Å²) >= 11 is 0. The summed E-state index contributed by atoms with van der Waals surface area (Å²) in [6, 6.07) is 1.88. The number of carbonyl (C=O) groups excluding carboxylic acids is 3. The van der Waals surface area contributed by atoms with Crippen molar-refractivity contribution in [2.24, 2.45) is 5.92 Å². The monoisotopic (exact) mass is 444 g/mol. The van der Waals surface area contributed by atoms with Gasteiger partial charge in [0.2, 0.25) is 0 Å². The van der Waals surface area contributed by atoms with E-state index in [1.807, 2.05) is 19.9 Å². The SMILES string of the molecule is C=C(C)[C@H]1C[C@H](OC(C)=O)C2=C[C@@H](C[C@]3(C)O[C@@H]3c3cc(C)c(o3)[C@H]1OC(C)=O)OC2=O. The van der Waals surface area contributed by atoms with Gasteiger partial charge < -0.3 is 23.4 Å². The first kappa shape index (κ1) is 22.3. The van der Waals surface area contributed by atoms with E-state index in [2.05, 4.69) is 6.58 Å². The zero-order valence-corrected chi connectivity index (χ0v) is 18.9. The number of fused-ring (bicyclic) bond motifs is 5. The van der Waals surface area contributed by atoms with E-state index in [1.165, 1.54) is 13.8 Å². The number of esters is 3. The van der Waals surface area contributed by atoms with E-state index in [1.54, 1.807) is 13.0 Å². The van der Waals surface area contributed by atoms with Crippen LogP contribution in [0.1, 0.15) is 69.8 Å². The van der Waals surface area contributed by atoms with Crippen molar-refractivity contribution in [1.82, 2.24) is 0 Å². The topological polar surface area (TPSA) is 105 Å². The molecule has 0 unspecified atom stereocenters. The van der Waals surface area contributed by atoms with E-state index in [0.717, 1.165) is 5.56 Å². The summed E-state index contributed by atoms with van der Waals surface area (Å²) in [7, 11) is 0. The molecule has 0 saturated carbocycles. The maximum Gasteiger partial charge on any atom is 0.338 e. The highest BCUT2D eigenvalue weighted by atomic mass is 16.6. The first-order valence-electron chi connectivity index (χ1n) is 10.7. The lowest BCUT2D eigenvalue weighted by atomic mass is 9.85. The van der Waals surface area contributed by atoms with Gasteiger partial charge in [-0.25, -0.2) is 4.79 Å². The molecule has 8 nitrogen and oxygen atoms in total. The van der Waals surface area contributed by atoms with Crippen molar-refractivity contribution in [3.05, 3.63) is 47.0 Å². The number of aryl methyl sites for hydroxylation is 1. The molecule has 32 heavy (non-hydrogen) atoms. The lowest BCUT2D eigenvalue weighted by molar-refractivity contribution is -0.154. The molecule has 1 aromatic heterocycles. The van der Waals surface area contributed by atoms with Crippen LogP contribution in [0, 0.1) is 12.8 Å². The summed E-state index contributed by atoms with van der Waals surface area (Å²) in [5.74, 6) is -0.919. The van der Waals surface area contributed by atoms with Gasteiger partial charge in [0.25, 0.3) is 0 Å². The van der Waals surface area contributed by atoms with Crippen molar-refractivity contribution < 1.29 is 37.7 Å². The van der Waals surface area contributed by atoms with Crippen LogP contribution in [-0.2, 0) is 33.3 Å². The van der Waals surface area contributed by atoms with E-state index in [4.69, 9.17) is 23.4 Å². The third-order valence-electron chi connectivity index (χ3n) is 6.26. The van der Waals surface area contributed by atoms with Crippen LogP contribution in [0.2, 0.25) is 0 Å². The Labute approximate surface area is 186 Å². The molecular weight excluding hydrogens is 416 g/mol. The second kappa shape index (κ2) is 7.92. The van der Waals surface area contributed by atoms with Gasteiger partial charge in [0.05, 0.1) is 5.57 Å². The summed E-state index contributed by atoms with van der Waals surface area (Å²) in [6.45, 7) is 12.3. The third-order valence-corrected chi connectivity index (χ3v) is 6.26. The van der Waals surface area contributed by atoms with Gasteiger partial charge in [-0.1, -0.05) is 12.2 Å². The standard InChI is InChI=1S/C24H28O8/c1-11(2)16-9-18(28-13(4)25)17-8-15(30-23(17)27)10-24(6)22(32-24)19-7-12(3)20(31-19)21(16)29-14(5)26/h7-8,15-16,18,21-22H,1,9-10H2,2-6H3/t15-,16+,18-,21-,22+,24-/m0/s1. The predicted molar refractivity (Wildman–Crippen MR) is 111 cm³/mol. The van der Waals surface area contributed by atoms with Crippen LogP contribution >= 0.6 is 0 Å². The van der Waals surface area contributed by atoms with Crippen LogP contribution in [0.5, 0.6) is 0 Å². The Morgan fingerprint density at radius 1 is 1.19 bits per heavy atom. The summed E-state index contributed by atoms with van der Waals surface area (Å²) in [4.78, 5) is 36.6. The molecule has 6 atom stereocenters. The number of furan rings is 1. The van der Waals surface area contributed by atoms with Crippen LogP contribution in [0.3, 0.4) is 0 Å². The largest absolute Gasteiger partial charge is 0.459 e. The molecule has 8 heteroatoms. The quantitative estimate of drug-likeness (QED) is 0.300. The molecule has 0 amide bonds. The Morgan fingerprint density at radius 3 is 2.50 bits per heavy atom. The first-order valence-corrected chi connectivity index (χ1v) is 10.7. The molecule has 4 rings (SSSR count). The Balaban J connectivity index is 1.84. The Hall–Kier alpha value is -2.87. The Kier molecular flexibility index (Phi) is 5.53. The van der Waals surface area contributed by atoms with Gasteiger partial charge in [0.1, 0.15) is 35.4 Å². The lowest BCUT2D eigenvalue weighted by Gasteiger charge is -2.29. The lowest BCUT2D eigenvalue weighted by Crippen LogP contribution is -2.29. The van der Waals surface area contributed by atoms with E-state index >= 15 is 0 Å². The molecular formula is C24H28O8. The first-order chi connectivity index (χ1) is 15.0. The average molecular weight is 444 g/mol. The van der Waals surface area contributed by atoms with Crippen LogP contribution in [-0.4, -0.2) is 35.7 Å². The predicted octanol–water partition coefficient (Wildman–Crippen LogP) is 3.79. The van der Waals surface area contributed by atoms with Gasteiger partial charge in [-0.2, -0.15) is 0 Å². The van der Waals surface area contributed by atoms with Crippen LogP contribution in [0.4, 0.5) is 0 Å². The van der Waals surface area contributed by atoms with Gasteiger partial charge >= 0.3 is 17.9 Å². The van der Waals surface area contributed by atoms with Crippen molar-refractivity contribution in [2.75, 3.05) is 0 Å². The number of epoxide rings is 1. The molecule has 172 valence electrons. The molecule has 0 spiro atoms. The fourth-order valence-electron chi connectivity index (χ4n) is 4.68. The van der Waals surface area contributed by atoms with Crippen LogP contribution in [0.15, 0.2) is 34.3 Å². The van der Waals surface area contributed by atoms with Gasteiger partial charge in [-0.15, -0.1) is 0 Å². The van der Waals surface area contributed by atoms with Crippen LogP contribution in [0.25, 0.3) is 0 Å². The number of ether oxygens (including phenoxy) is 4. The zero-order valence-electron chi connectivity index (χ0n) is 18.9. The second-order valence-corrected chi connectivity index (χ2v) is 9.09. The maximum absolute atomic E-state index is 12.7. The zero-order chi connectivity index (χ0) is 23.4. The molecule has 4 bridgehead atoms. The fourth-order valence-corrected chi connectivity index (χ4v) is 4.68. The van der Waals surface area contributed by atoms with Crippen molar-refractivity contribution >= 4 is 17.9 Å². The molecule has 4 heterocycles. The minimum Gasteiger partial charge on any atom is -0.459 e. The fraction of sp³-hybridized carbons (Fsp3) is 0.542. The second-order valence-electron chi connectivity index (χ2n) is 9.09. The number of carbonyl (C=O) groups is 3. The summed E-state index contributed by atoms with van der Waals surface area (Å²) in [5, 5.41) is 0. The Morgan fingerprint density at radius 2 is 1.88 bits per heavy atom. The van der Waals surface area contributed by atoms with E-state index in [9.17, 15) is 14.4 Å². The molecule has 3 aliphatic heterocycles. The van der Waals surface area contributed by atoms with Crippen LogP contribution < -0.4 is 0 Å². The van der Waals surface area contributed by atoms with E-state index < -0.39 is 47.7 Å². The summed E-state index contributed by atoms with van der Waals surface area (Å²) in [6.07, 6.45) is -0.196. The molecule has 0 N–H and O–H groups in total. The van der Waals surface area contributed by atoms with Crippen molar-refractivity contribution in [3.63, 3.8) is 0 Å². The van der Waals surface area contributed by atoms with E-state index in [0.29, 0.717) is 23.5 Å². The van der Waals surface area contributed by atoms with Gasteiger partial charge in [0, 0.05) is 26.2 Å². The molecule has 1 aromatic rings. The average Bonchev–Trinajstić information content (AvgIpc) is 2.98. The minimum atomic E-state index is -0.885.